The van der Waals surface area contributed by atoms with E-state index >= 15 is 0 Å². The smallest absolute Gasteiger partial charge is 0.391 e. The quantitative estimate of drug-likeness (QED) is 0.0252. The second-order valence-corrected chi connectivity index (χ2v) is 17.2. The Morgan fingerprint density at radius 3 is 1.61 bits per heavy atom. The molecular weight excluding hydrogens is 659 g/mol. The fraction of sp³-hybridized carbons (Fsp3) is 0.881. The summed E-state index contributed by atoms with van der Waals surface area (Å²) >= 11 is 0. The molecule has 0 saturated heterocycles. The van der Waals surface area contributed by atoms with Crippen molar-refractivity contribution >= 4 is 13.7 Å². The van der Waals surface area contributed by atoms with E-state index in [0.29, 0.717) is 23.9 Å². The lowest BCUT2D eigenvalue weighted by Crippen LogP contribution is -2.46. The van der Waals surface area contributed by atoms with E-state index in [1.54, 1.807) is 0 Å². The number of phosphoric ester groups is 1. The largest absolute Gasteiger partial charge is 0.472 e. The fourth-order valence-corrected chi connectivity index (χ4v) is 6.77. The van der Waals surface area contributed by atoms with Gasteiger partial charge >= 0.3 is 7.82 Å². The van der Waals surface area contributed by atoms with Crippen LogP contribution in [0.4, 0.5) is 0 Å². The number of nitrogens with one attached hydrogen (secondary N) is 1. The molecule has 0 bridgehead atoms. The van der Waals surface area contributed by atoms with Crippen LogP contribution in [0.2, 0.25) is 0 Å². The Balaban J connectivity index is 4.47. The highest BCUT2D eigenvalue weighted by molar-refractivity contribution is 7.47. The Labute approximate surface area is 315 Å². The molecule has 8 nitrogen and oxygen atoms in total. The molecule has 0 aromatic heterocycles. The summed E-state index contributed by atoms with van der Waals surface area (Å²) in [6.07, 6.45) is 39.3. The van der Waals surface area contributed by atoms with Crippen LogP contribution in [0.3, 0.4) is 0 Å². The summed E-state index contributed by atoms with van der Waals surface area (Å²) in [4.78, 5) is 23.0. The zero-order valence-corrected chi connectivity index (χ0v) is 35.0. The van der Waals surface area contributed by atoms with Gasteiger partial charge in [0.05, 0.1) is 39.9 Å². The number of nitrogens with zero attached hydrogens (tertiary/aromatic N) is 1. The van der Waals surface area contributed by atoms with Crippen molar-refractivity contribution in [2.24, 2.45) is 0 Å². The van der Waals surface area contributed by atoms with Crippen molar-refractivity contribution in [3.8, 4) is 0 Å². The number of likely N-dealkylation sites (N-methyl/N-ethyl adjacent to an activating group) is 1. The molecule has 3 N–H and O–H groups in total. The van der Waals surface area contributed by atoms with Crippen molar-refractivity contribution in [3.63, 3.8) is 0 Å². The Bertz CT molecular complexity index is 891. The molecular formula is C42H84N2O6P+. The van der Waals surface area contributed by atoms with Gasteiger partial charge in [-0.25, -0.2) is 4.57 Å². The predicted molar refractivity (Wildman–Crippen MR) is 217 cm³/mol. The number of unbranched alkanes of at least 4 members (excludes halogenated alkanes) is 21. The summed E-state index contributed by atoms with van der Waals surface area (Å²) < 4.78 is 23.5. The maximum absolute atomic E-state index is 12.8. The molecule has 9 heteroatoms. The van der Waals surface area contributed by atoms with Crippen molar-refractivity contribution in [2.75, 3.05) is 40.9 Å². The third kappa shape index (κ3) is 37.1. The number of hydrogen-bond acceptors (Lipinski definition) is 5. The molecule has 302 valence electrons. The Morgan fingerprint density at radius 1 is 0.667 bits per heavy atom. The van der Waals surface area contributed by atoms with Gasteiger partial charge in [-0.2, -0.15) is 0 Å². The highest BCUT2D eigenvalue weighted by Crippen LogP contribution is 2.43. The molecule has 0 aliphatic rings. The number of aliphatic hydroxyl groups excluding tert-OH is 1. The predicted octanol–water partition coefficient (Wildman–Crippen LogP) is 11.4. The lowest BCUT2D eigenvalue weighted by atomic mass is 10.0. The van der Waals surface area contributed by atoms with E-state index in [0.717, 1.165) is 32.1 Å². The minimum absolute atomic E-state index is 0.0661. The van der Waals surface area contributed by atoms with Crippen LogP contribution >= 0.6 is 7.82 Å². The first-order valence-corrected chi connectivity index (χ1v) is 22.7. The maximum atomic E-state index is 12.8. The Kier molecular flexibility index (Phi) is 34.0. The molecule has 51 heavy (non-hydrogen) atoms. The van der Waals surface area contributed by atoms with Gasteiger partial charge in [-0.05, 0) is 32.1 Å². The standard InChI is InChI=1S/C42H83N2O6P/c1-6-8-10-12-14-16-18-20-21-22-24-25-27-29-31-33-35-41(45)40(39-50-51(47,48)49-38-37-44(3,4)5)43-42(46)36-34-32-30-28-26-23-19-17-15-13-11-9-7-2/h23,26,30,32,40-41,45H,6-22,24-25,27-29,31,33-39H2,1-5H3,(H-,43,46,47,48)/p+1/b26-23-,32-30-. The molecule has 0 saturated carbocycles. The van der Waals surface area contributed by atoms with Gasteiger partial charge in [0.15, 0.2) is 0 Å². The van der Waals surface area contributed by atoms with E-state index in [4.69, 9.17) is 9.05 Å². The topological polar surface area (TPSA) is 105 Å². The van der Waals surface area contributed by atoms with Crippen LogP contribution in [-0.4, -0.2) is 73.4 Å². The number of amides is 1. The normalized spacial score (nSPS) is 14.7. The molecule has 0 aliphatic carbocycles. The minimum Gasteiger partial charge on any atom is -0.391 e. The van der Waals surface area contributed by atoms with Gasteiger partial charge in [-0.15, -0.1) is 0 Å². The number of allylic oxidation sites excluding steroid dienone is 4. The van der Waals surface area contributed by atoms with Crippen molar-refractivity contribution in [2.45, 2.75) is 199 Å². The fourth-order valence-electron chi connectivity index (χ4n) is 6.04. The van der Waals surface area contributed by atoms with Crippen molar-refractivity contribution in [1.29, 1.82) is 0 Å². The molecule has 0 heterocycles. The molecule has 0 fully saturated rings. The third-order valence-electron chi connectivity index (χ3n) is 9.47. The van der Waals surface area contributed by atoms with Crippen LogP contribution < -0.4 is 5.32 Å². The summed E-state index contributed by atoms with van der Waals surface area (Å²) in [5, 5.41) is 13.9. The molecule has 0 radical (unpaired) electrons. The van der Waals surface area contributed by atoms with Crippen LogP contribution in [0.25, 0.3) is 0 Å². The third-order valence-corrected chi connectivity index (χ3v) is 10.5. The first kappa shape index (κ1) is 50.0. The van der Waals surface area contributed by atoms with Crippen molar-refractivity contribution in [1.82, 2.24) is 5.32 Å². The minimum atomic E-state index is -4.32. The monoisotopic (exact) mass is 744 g/mol. The Morgan fingerprint density at radius 2 is 1.12 bits per heavy atom. The molecule has 3 atom stereocenters. The van der Waals surface area contributed by atoms with Crippen LogP contribution in [0, 0.1) is 0 Å². The first-order chi connectivity index (χ1) is 24.5. The van der Waals surface area contributed by atoms with Crippen LogP contribution in [0.15, 0.2) is 24.3 Å². The first-order valence-electron chi connectivity index (χ1n) is 21.2. The second kappa shape index (κ2) is 34.7. The van der Waals surface area contributed by atoms with E-state index in [2.05, 4.69) is 37.4 Å². The van der Waals surface area contributed by atoms with Gasteiger partial charge in [0.1, 0.15) is 13.2 Å². The number of aliphatic hydroxyl groups is 1. The highest BCUT2D eigenvalue weighted by atomic mass is 31.2. The highest BCUT2D eigenvalue weighted by Gasteiger charge is 2.28. The summed E-state index contributed by atoms with van der Waals surface area (Å²) in [5.41, 5.74) is 0. The molecule has 1 amide bonds. The zero-order valence-electron chi connectivity index (χ0n) is 34.1. The van der Waals surface area contributed by atoms with Gasteiger partial charge < -0.3 is 19.8 Å². The lowest BCUT2D eigenvalue weighted by molar-refractivity contribution is -0.870. The Hall–Kier alpha value is -1.02. The number of carbonyl (C=O) groups is 1. The molecule has 3 unspecified atom stereocenters. The van der Waals surface area contributed by atoms with Gasteiger partial charge in [-0.3, -0.25) is 13.8 Å². The molecule has 0 aromatic rings. The van der Waals surface area contributed by atoms with Gasteiger partial charge in [0, 0.05) is 6.42 Å². The maximum Gasteiger partial charge on any atom is 0.472 e. The number of carbonyl (C=O) groups excluding carboxylic acids is 1. The summed E-state index contributed by atoms with van der Waals surface area (Å²) in [7, 11) is 1.58. The van der Waals surface area contributed by atoms with E-state index in [1.807, 2.05) is 27.2 Å². The number of hydrogen-bond donors (Lipinski definition) is 3. The second-order valence-electron chi connectivity index (χ2n) is 15.7. The van der Waals surface area contributed by atoms with Crippen LogP contribution in [0.1, 0.15) is 187 Å². The summed E-state index contributed by atoms with van der Waals surface area (Å²) in [6, 6.07) is -0.787. The molecule has 0 aromatic carbocycles. The summed E-state index contributed by atoms with van der Waals surface area (Å²) in [6.45, 7) is 4.83. The van der Waals surface area contributed by atoms with E-state index in [9.17, 15) is 19.4 Å². The van der Waals surface area contributed by atoms with Crippen LogP contribution in [-0.2, 0) is 18.4 Å². The van der Waals surface area contributed by atoms with Crippen molar-refractivity contribution in [3.05, 3.63) is 24.3 Å². The van der Waals surface area contributed by atoms with Crippen molar-refractivity contribution < 1.29 is 32.9 Å². The average Bonchev–Trinajstić information content (AvgIpc) is 3.07. The summed E-state index contributed by atoms with van der Waals surface area (Å²) in [5.74, 6) is -0.211. The van der Waals surface area contributed by atoms with E-state index < -0.39 is 20.0 Å². The van der Waals surface area contributed by atoms with E-state index in [1.165, 1.54) is 122 Å². The van der Waals surface area contributed by atoms with Crippen LogP contribution in [0.5, 0.6) is 0 Å². The zero-order chi connectivity index (χ0) is 37.9. The van der Waals surface area contributed by atoms with Gasteiger partial charge in [0.2, 0.25) is 5.91 Å². The van der Waals surface area contributed by atoms with Gasteiger partial charge in [-0.1, -0.05) is 173 Å². The number of phosphoric acid groups is 1. The molecule has 0 spiro atoms. The van der Waals surface area contributed by atoms with Gasteiger partial charge in [0.25, 0.3) is 0 Å². The number of rotatable bonds is 38. The molecule has 0 rings (SSSR count). The molecule has 0 aliphatic heterocycles. The van der Waals surface area contributed by atoms with E-state index in [-0.39, 0.29) is 25.5 Å². The lowest BCUT2D eigenvalue weighted by Gasteiger charge is -2.26. The SMILES string of the molecule is CCCCCCCC/C=C\C/C=C\CCC(=O)NC(COP(=O)(O)OCC[N+](C)(C)C)C(O)CCCCCCCCCCCCCCCCCC. The number of quaternary nitrogens is 1. The average molecular weight is 744 g/mol.